The second-order valence-electron chi connectivity index (χ2n) is 20.3. The number of hydrogen-bond acceptors (Lipinski definition) is 6. The molecule has 1 atom stereocenters. The van der Waals surface area contributed by atoms with Gasteiger partial charge in [0.1, 0.15) is 13.2 Å². The van der Waals surface area contributed by atoms with Gasteiger partial charge in [-0.3, -0.25) is 14.4 Å². The Labute approximate surface area is 428 Å². The molecule has 0 heterocycles. The second kappa shape index (κ2) is 57.9. The Morgan fingerprint density at radius 1 is 0.290 bits per heavy atom. The average molecular weight is 968 g/mol. The van der Waals surface area contributed by atoms with Gasteiger partial charge in [-0.2, -0.15) is 0 Å². The summed E-state index contributed by atoms with van der Waals surface area (Å²) in [7, 11) is 0. The molecule has 69 heavy (non-hydrogen) atoms. The van der Waals surface area contributed by atoms with Gasteiger partial charge in [0.25, 0.3) is 0 Å². The van der Waals surface area contributed by atoms with Gasteiger partial charge < -0.3 is 14.2 Å². The average Bonchev–Trinajstić information content (AvgIpc) is 3.35. The van der Waals surface area contributed by atoms with Gasteiger partial charge in [0.2, 0.25) is 0 Å². The van der Waals surface area contributed by atoms with E-state index in [0.717, 1.165) is 83.5 Å². The Kier molecular flexibility index (Phi) is 55.7. The fraction of sp³-hybridized carbons (Fsp3) is 0.825. The molecule has 0 saturated carbocycles. The molecule has 402 valence electrons. The highest BCUT2D eigenvalue weighted by atomic mass is 16.6. The fourth-order valence-electron chi connectivity index (χ4n) is 8.74. The van der Waals surface area contributed by atoms with Crippen LogP contribution in [-0.2, 0) is 28.6 Å². The first-order chi connectivity index (χ1) is 34.0. The van der Waals surface area contributed by atoms with Crippen LogP contribution in [0.25, 0.3) is 0 Å². The van der Waals surface area contributed by atoms with Gasteiger partial charge in [0.15, 0.2) is 6.10 Å². The summed E-state index contributed by atoms with van der Waals surface area (Å²) in [6, 6.07) is 0. The molecule has 0 aromatic carbocycles. The van der Waals surface area contributed by atoms with E-state index in [4.69, 9.17) is 14.2 Å². The molecule has 0 fully saturated rings. The number of ether oxygens (including phenoxy) is 3. The SMILES string of the molecule is CCCCC/C=C\CCCCCCCC(=O)OC(COC(=O)CCCCCCCCCCCCCC)COC(=O)CCCCCCCCCCCCCC/C=C\C/C=C\C/C=C\CCCCCCC. The van der Waals surface area contributed by atoms with E-state index in [1.165, 1.54) is 193 Å². The van der Waals surface area contributed by atoms with E-state index in [1.54, 1.807) is 0 Å². The third-order valence-corrected chi connectivity index (χ3v) is 13.3. The van der Waals surface area contributed by atoms with E-state index in [9.17, 15) is 14.4 Å². The largest absolute Gasteiger partial charge is 0.462 e. The van der Waals surface area contributed by atoms with Crippen LogP contribution in [0, 0.1) is 0 Å². The maximum absolute atomic E-state index is 12.8. The fourth-order valence-corrected chi connectivity index (χ4v) is 8.74. The van der Waals surface area contributed by atoms with Crippen molar-refractivity contribution in [3.8, 4) is 0 Å². The zero-order valence-electron chi connectivity index (χ0n) is 46.1. The molecular formula is C63H114O6. The molecule has 6 heteroatoms. The van der Waals surface area contributed by atoms with Crippen molar-refractivity contribution in [3.63, 3.8) is 0 Å². The van der Waals surface area contributed by atoms with Crippen molar-refractivity contribution in [2.24, 2.45) is 0 Å². The van der Waals surface area contributed by atoms with E-state index in [-0.39, 0.29) is 31.1 Å². The van der Waals surface area contributed by atoms with Gasteiger partial charge in [-0.05, 0) is 83.5 Å². The summed E-state index contributed by atoms with van der Waals surface area (Å²) >= 11 is 0. The lowest BCUT2D eigenvalue weighted by Gasteiger charge is -2.18. The molecule has 0 rings (SSSR count). The normalized spacial score (nSPS) is 12.3. The molecular weight excluding hydrogens is 853 g/mol. The molecule has 6 nitrogen and oxygen atoms in total. The van der Waals surface area contributed by atoms with Crippen molar-refractivity contribution < 1.29 is 28.6 Å². The number of rotatable bonds is 55. The van der Waals surface area contributed by atoms with Crippen LogP contribution in [0.3, 0.4) is 0 Å². The second-order valence-corrected chi connectivity index (χ2v) is 20.3. The van der Waals surface area contributed by atoms with Gasteiger partial charge in [-0.1, -0.05) is 262 Å². The zero-order valence-corrected chi connectivity index (χ0v) is 46.1. The first-order valence-electron chi connectivity index (χ1n) is 30.1. The highest BCUT2D eigenvalue weighted by Gasteiger charge is 2.19. The number of unbranched alkanes of at least 4 members (excludes halogenated alkanes) is 36. The lowest BCUT2D eigenvalue weighted by molar-refractivity contribution is -0.167. The Morgan fingerprint density at radius 3 is 0.855 bits per heavy atom. The van der Waals surface area contributed by atoms with Crippen molar-refractivity contribution in [2.45, 2.75) is 322 Å². The van der Waals surface area contributed by atoms with Crippen molar-refractivity contribution in [1.29, 1.82) is 0 Å². The minimum Gasteiger partial charge on any atom is -0.462 e. The number of carbonyl (C=O) groups is 3. The molecule has 0 aliphatic heterocycles. The minimum atomic E-state index is -0.774. The van der Waals surface area contributed by atoms with Crippen molar-refractivity contribution in [1.82, 2.24) is 0 Å². The van der Waals surface area contributed by atoms with Gasteiger partial charge in [-0.15, -0.1) is 0 Å². The summed E-state index contributed by atoms with van der Waals surface area (Å²) in [5.41, 5.74) is 0. The van der Waals surface area contributed by atoms with E-state index < -0.39 is 6.10 Å². The smallest absolute Gasteiger partial charge is 0.306 e. The standard InChI is InChI=1S/C63H114O6/c1-4-7-10-13-16-19-22-25-26-27-28-29-30-31-32-33-34-35-36-37-38-39-42-44-47-50-53-56-62(65)68-59-60(69-63(66)57-54-51-48-45-41-24-21-18-15-12-9-6-3)58-67-61(64)55-52-49-46-43-40-23-20-17-14-11-8-5-2/h18,21-22,25,27-28,30-31,60H,4-17,19-20,23-24,26,29,32-59H2,1-3H3/b21-18-,25-22-,28-27-,31-30-. The Bertz CT molecular complexity index is 1200. The molecule has 0 N–H and O–H groups in total. The topological polar surface area (TPSA) is 78.9 Å². The molecule has 0 aliphatic carbocycles. The molecule has 1 unspecified atom stereocenters. The van der Waals surface area contributed by atoms with E-state index in [2.05, 4.69) is 69.4 Å². The van der Waals surface area contributed by atoms with Crippen LogP contribution in [0.1, 0.15) is 316 Å². The molecule has 0 aliphatic rings. The van der Waals surface area contributed by atoms with Gasteiger partial charge in [0.05, 0.1) is 0 Å². The van der Waals surface area contributed by atoms with Crippen LogP contribution in [0.5, 0.6) is 0 Å². The highest BCUT2D eigenvalue weighted by Crippen LogP contribution is 2.16. The van der Waals surface area contributed by atoms with E-state index >= 15 is 0 Å². The van der Waals surface area contributed by atoms with Crippen LogP contribution in [0.4, 0.5) is 0 Å². The molecule has 0 saturated heterocycles. The number of hydrogen-bond donors (Lipinski definition) is 0. The van der Waals surface area contributed by atoms with Gasteiger partial charge in [-0.25, -0.2) is 0 Å². The zero-order chi connectivity index (χ0) is 50.0. The van der Waals surface area contributed by atoms with Crippen LogP contribution in [0.2, 0.25) is 0 Å². The summed E-state index contributed by atoms with van der Waals surface area (Å²) in [6.45, 7) is 6.62. The lowest BCUT2D eigenvalue weighted by Crippen LogP contribution is -2.30. The lowest BCUT2D eigenvalue weighted by atomic mass is 10.0. The van der Waals surface area contributed by atoms with Crippen molar-refractivity contribution in [3.05, 3.63) is 48.6 Å². The van der Waals surface area contributed by atoms with E-state index in [1.807, 2.05) is 0 Å². The Morgan fingerprint density at radius 2 is 0.522 bits per heavy atom. The first kappa shape index (κ1) is 66.4. The summed E-state index contributed by atoms with van der Waals surface area (Å²) in [4.78, 5) is 38.1. The number of carbonyl (C=O) groups excluding carboxylic acids is 3. The molecule has 0 bridgehead atoms. The molecule has 0 radical (unpaired) electrons. The van der Waals surface area contributed by atoms with Crippen LogP contribution in [0.15, 0.2) is 48.6 Å². The monoisotopic (exact) mass is 967 g/mol. The quantitative estimate of drug-likeness (QED) is 0.0262. The van der Waals surface area contributed by atoms with Crippen LogP contribution < -0.4 is 0 Å². The van der Waals surface area contributed by atoms with Crippen molar-refractivity contribution in [2.75, 3.05) is 13.2 Å². The molecule has 0 amide bonds. The van der Waals surface area contributed by atoms with Gasteiger partial charge >= 0.3 is 17.9 Å². The summed E-state index contributed by atoms with van der Waals surface area (Å²) < 4.78 is 16.8. The van der Waals surface area contributed by atoms with Gasteiger partial charge in [0, 0.05) is 19.3 Å². The van der Waals surface area contributed by atoms with E-state index in [0.29, 0.717) is 19.3 Å². The molecule has 0 spiro atoms. The maximum atomic E-state index is 12.8. The third-order valence-electron chi connectivity index (χ3n) is 13.3. The van der Waals surface area contributed by atoms with Crippen LogP contribution >= 0.6 is 0 Å². The van der Waals surface area contributed by atoms with Crippen molar-refractivity contribution >= 4 is 17.9 Å². The summed E-state index contributed by atoms with van der Waals surface area (Å²) in [5, 5.41) is 0. The summed E-state index contributed by atoms with van der Waals surface area (Å²) in [6.07, 6.45) is 71.1. The number of esters is 3. The predicted octanol–water partition coefficient (Wildman–Crippen LogP) is 20.2. The maximum Gasteiger partial charge on any atom is 0.306 e. The molecule has 0 aromatic rings. The Hall–Kier alpha value is -2.63. The highest BCUT2D eigenvalue weighted by molar-refractivity contribution is 5.71. The summed E-state index contributed by atoms with van der Waals surface area (Å²) in [5.74, 6) is -0.871. The van der Waals surface area contributed by atoms with Crippen LogP contribution in [-0.4, -0.2) is 37.2 Å². The first-order valence-corrected chi connectivity index (χ1v) is 30.1. The number of allylic oxidation sites excluding steroid dienone is 8. The minimum absolute atomic E-state index is 0.0734. The third kappa shape index (κ3) is 56.2. The Balaban J connectivity index is 4.18. The molecule has 0 aromatic heterocycles. The predicted molar refractivity (Wildman–Crippen MR) is 298 cm³/mol.